The number of carbonyl (C=O) groups is 1. The highest BCUT2D eigenvalue weighted by atomic mass is 16.7. The molecule has 2 saturated heterocycles. The van der Waals surface area contributed by atoms with Crippen LogP contribution in [0.4, 0.5) is 0 Å². The molecular formula is C32H52O6. The third kappa shape index (κ3) is 11.7. The number of hydrogen-bond donors (Lipinski definition) is 0. The molecule has 0 radical (unpaired) electrons. The van der Waals surface area contributed by atoms with Gasteiger partial charge >= 0.3 is 5.97 Å². The third-order valence-corrected chi connectivity index (χ3v) is 7.92. The molecule has 1 saturated carbocycles. The number of allylic oxidation sites excluding steroid dienone is 5. The largest absolute Gasteiger partial charge is 0.463 e. The Labute approximate surface area is 231 Å². The highest BCUT2D eigenvalue weighted by molar-refractivity contribution is 5.82. The molecule has 6 nitrogen and oxygen atoms in total. The van der Waals surface area contributed by atoms with E-state index in [1.54, 1.807) is 6.08 Å². The van der Waals surface area contributed by atoms with Gasteiger partial charge in [0.15, 0.2) is 12.6 Å². The quantitative estimate of drug-likeness (QED) is 0.0891. The van der Waals surface area contributed by atoms with Gasteiger partial charge < -0.3 is 23.7 Å². The Hall–Kier alpha value is -1.47. The zero-order chi connectivity index (χ0) is 26.8. The van der Waals surface area contributed by atoms with Gasteiger partial charge in [-0.2, -0.15) is 0 Å². The highest BCUT2D eigenvalue weighted by Gasteiger charge is 2.37. The van der Waals surface area contributed by atoms with E-state index in [4.69, 9.17) is 23.7 Å². The Kier molecular flexibility index (Phi) is 15.3. The van der Waals surface area contributed by atoms with E-state index in [9.17, 15) is 4.79 Å². The first-order valence-corrected chi connectivity index (χ1v) is 15.4. The van der Waals surface area contributed by atoms with E-state index in [0.717, 1.165) is 71.0 Å². The highest BCUT2D eigenvalue weighted by Crippen LogP contribution is 2.40. The molecule has 2 heterocycles. The zero-order valence-electron chi connectivity index (χ0n) is 23.9. The predicted molar refractivity (Wildman–Crippen MR) is 151 cm³/mol. The standard InChI is InChI=1S/C32H52O6/c1-3-5-8-16-27(37-31-18-11-13-24-35-31)21-22-28-26(15-9-6-7-10-17-30(33)34-4-2)20-23-29(28)38-32-19-12-14-25-36-32/h6-7,9-10,15,17,26-29,31-32H,3-5,8,11-14,16,18-25H2,1-2H3. The molecule has 2 aliphatic heterocycles. The molecular weight excluding hydrogens is 480 g/mol. The average molecular weight is 533 g/mol. The van der Waals surface area contributed by atoms with Gasteiger partial charge in [-0.1, -0.05) is 56.6 Å². The second-order valence-corrected chi connectivity index (χ2v) is 10.9. The summed E-state index contributed by atoms with van der Waals surface area (Å²) in [5.41, 5.74) is 0. The first-order chi connectivity index (χ1) is 18.7. The van der Waals surface area contributed by atoms with Crippen LogP contribution in [0, 0.1) is 11.8 Å². The minimum Gasteiger partial charge on any atom is -0.463 e. The minimum absolute atomic E-state index is 0.0369. The van der Waals surface area contributed by atoms with Crippen LogP contribution < -0.4 is 0 Å². The summed E-state index contributed by atoms with van der Waals surface area (Å²) in [6.45, 7) is 6.09. The van der Waals surface area contributed by atoms with E-state index >= 15 is 0 Å². The van der Waals surface area contributed by atoms with Crippen LogP contribution in [0.1, 0.15) is 104 Å². The van der Waals surface area contributed by atoms with Crippen LogP contribution in [0.3, 0.4) is 0 Å². The van der Waals surface area contributed by atoms with Crippen LogP contribution in [-0.2, 0) is 28.5 Å². The van der Waals surface area contributed by atoms with Crippen molar-refractivity contribution in [3.05, 3.63) is 36.5 Å². The van der Waals surface area contributed by atoms with Gasteiger partial charge in [-0.05, 0) is 89.4 Å². The molecule has 216 valence electrons. The predicted octanol–water partition coefficient (Wildman–Crippen LogP) is 7.43. The van der Waals surface area contributed by atoms with Crippen molar-refractivity contribution in [2.45, 2.75) is 129 Å². The summed E-state index contributed by atoms with van der Waals surface area (Å²) >= 11 is 0. The van der Waals surface area contributed by atoms with Gasteiger partial charge in [-0.3, -0.25) is 0 Å². The van der Waals surface area contributed by atoms with Gasteiger partial charge in [-0.25, -0.2) is 4.79 Å². The number of unbranched alkanes of at least 4 members (excludes halogenated alkanes) is 2. The van der Waals surface area contributed by atoms with Crippen LogP contribution in [0.2, 0.25) is 0 Å². The SMILES string of the molecule is CCCCCC(CCC1C(C=CC=CC=CC(=O)OCC)CCC1OC1CCCCO1)OC1CCCCO1. The van der Waals surface area contributed by atoms with E-state index in [1.165, 1.54) is 38.2 Å². The molecule has 6 atom stereocenters. The van der Waals surface area contributed by atoms with E-state index < -0.39 is 0 Å². The van der Waals surface area contributed by atoms with E-state index in [1.807, 2.05) is 19.1 Å². The first kappa shape index (κ1) is 31.1. The lowest BCUT2D eigenvalue weighted by atomic mass is 9.88. The molecule has 3 fully saturated rings. The lowest BCUT2D eigenvalue weighted by Gasteiger charge is -2.32. The Morgan fingerprint density at radius 2 is 1.63 bits per heavy atom. The fourth-order valence-electron chi connectivity index (χ4n) is 5.86. The van der Waals surface area contributed by atoms with Crippen molar-refractivity contribution >= 4 is 5.97 Å². The normalized spacial score (nSPS) is 29.5. The summed E-state index contributed by atoms with van der Waals surface area (Å²) in [5.74, 6) is 0.602. The molecule has 0 bridgehead atoms. The number of rotatable bonds is 16. The van der Waals surface area contributed by atoms with Crippen LogP contribution in [0.15, 0.2) is 36.5 Å². The van der Waals surface area contributed by atoms with Gasteiger partial charge in [-0.15, -0.1) is 0 Å². The van der Waals surface area contributed by atoms with Crippen LogP contribution in [0.25, 0.3) is 0 Å². The summed E-state index contributed by atoms with van der Waals surface area (Å²) in [7, 11) is 0. The van der Waals surface area contributed by atoms with Crippen molar-refractivity contribution in [2.24, 2.45) is 11.8 Å². The Balaban J connectivity index is 1.60. The molecule has 6 unspecified atom stereocenters. The summed E-state index contributed by atoms with van der Waals surface area (Å²) < 4.78 is 29.9. The topological polar surface area (TPSA) is 63.2 Å². The summed E-state index contributed by atoms with van der Waals surface area (Å²) in [4.78, 5) is 11.5. The lowest BCUT2D eigenvalue weighted by Crippen LogP contribution is -2.32. The lowest BCUT2D eigenvalue weighted by molar-refractivity contribution is -0.200. The van der Waals surface area contributed by atoms with Crippen molar-refractivity contribution < 1.29 is 28.5 Å². The Morgan fingerprint density at radius 3 is 2.34 bits per heavy atom. The van der Waals surface area contributed by atoms with E-state index in [2.05, 4.69) is 19.1 Å². The molecule has 0 aromatic carbocycles. The number of ether oxygens (including phenoxy) is 5. The van der Waals surface area contributed by atoms with Crippen molar-refractivity contribution in [1.29, 1.82) is 0 Å². The number of hydrogen-bond acceptors (Lipinski definition) is 6. The third-order valence-electron chi connectivity index (χ3n) is 7.92. The maximum atomic E-state index is 11.5. The number of esters is 1. The maximum Gasteiger partial charge on any atom is 0.330 e. The second kappa shape index (κ2) is 18.8. The minimum atomic E-state index is -0.309. The van der Waals surface area contributed by atoms with Gasteiger partial charge in [0.25, 0.3) is 0 Å². The Morgan fingerprint density at radius 1 is 0.868 bits per heavy atom. The second-order valence-electron chi connectivity index (χ2n) is 10.9. The fraction of sp³-hybridized carbons (Fsp3) is 0.781. The molecule has 3 aliphatic rings. The fourth-order valence-corrected chi connectivity index (χ4v) is 5.86. The van der Waals surface area contributed by atoms with Crippen molar-refractivity contribution in [3.63, 3.8) is 0 Å². The van der Waals surface area contributed by atoms with Gasteiger partial charge in [0.2, 0.25) is 0 Å². The molecule has 0 aromatic rings. The van der Waals surface area contributed by atoms with Gasteiger partial charge in [0, 0.05) is 19.3 Å². The average Bonchev–Trinajstić information content (AvgIpc) is 3.31. The van der Waals surface area contributed by atoms with Crippen molar-refractivity contribution in [2.75, 3.05) is 19.8 Å². The van der Waals surface area contributed by atoms with Crippen molar-refractivity contribution in [3.8, 4) is 0 Å². The van der Waals surface area contributed by atoms with Crippen LogP contribution >= 0.6 is 0 Å². The van der Waals surface area contributed by atoms with Gasteiger partial charge in [0.1, 0.15) is 0 Å². The first-order valence-electron chi connectivity index (χ1n) is 15.4. The molecule has 0 aromatic heterocycles. The monoisotopic (exact) mass is 532 g/mol. The molecule has 6 heteroatoms. The van der Waals surface area contributed by atoms with Gasteiger partial charge in [0.05, 0.1) is 18.8 Å². The summed E-state index contributed by atoms with van der Waals surface area (Å²) in [6, 6.07) is 0. The van der Waals surface area contributed by atoms with Crippen molar-refractivity contribution in [1.82, 2.24) is 0 Å². The van der Waals surface area contributed by atoms with E-state index in [0.29, 0.717) is 18.4 Å². The molecule has 38 heavy (non-hydrogen) atoms. The summed E-state index contributed by atoms with van der Waals surface area (Å²) in [5, 5.41) is 0. The van der Waals surface area contributed by atoms with E-state index in [-0.39, 0.29) is 30.8 Å². The molecule has 3 rings (SSSR count). The number of carbonyl (C=O) groups excluding carboxylic acids is 1. The molecule has 0 spiro atoms. The maximum absolute atomic E-state index is 11.5. The smallest absolute Gasteiger partial charge is 0.330 e. The summed E-state index contributed by atoms with van der Waals surface area (Å²) in [6.07, 6.45) is 27.6. The van der Waals surface area contributed by atoms with Crippen LogP contribution in [0.5, 0.6) is 0 Å². The Bertz CT molecular complexity index is 719. The zero-order valence-corrected chi connectivity index (χ0v) is 23.9. The molecule has 0 N–H and O–H groups in total. The molecule has 1 aliphatic carbocycles. The molecule has 0 amide bonds. The van der Waals surface area contributed by atoms with Crippen LogP contribution in [-0.4, -0.2) is 50.6 Å².